The van der Waals surface area contributed by atoms with Gasteiger partial charge in [-0.3, -0.25) is 4.90 Å². The topological polar surface area (TPSA) is 35.5 Å². The van der Waals surface area contributed by atoms with Crippen LogP contribution in [0.25, 0.3) is 0 Å². The molecule has 0 aromatic rings. The van der Waals surface area contributed by atoms with E-state index in [9.17, 15) is 5.11 Å². The molecule has 3 fully saturated rings. The molecule has 0 saturated heterocycles. The van der Waals surface area contributed by atoms with Crippen LogP contribution in [0.15, 0.2) is 0 Å². The lowest BCUT2D eigenvalue weighted by Crippen LogP contribution is -2.48. The van der Waals surface area contributed by atoms with Gasteiger partial charge in [0.2, 0.25) is 0 Å². The zero-order valence-electron chi connectivity index (χ0n) is 13.7. The first-order chi connectivity index (χ1) is 10.3. The van der Waals surface area contributed by atoms with E-state index in [1.54, 1.807) is 0 Å². The van der Waals surface area contributed by atoms with Crippen LogP contribution in [0, 0.1) is 5.41 Å². The molecule has 21 heavy (non-hydrogen) atoms. The lowest BCUT2D eigenvalue weighted by atomic mass is 9.83. The summed E-state index contributed by atoms with van der Waals surface area (Å²) in [6.07, 6.45) is 15.3. The number of hydrogen-bond acceptors (Lipinski definition) is 3. The third-order valence-corrected chi connectivity index (χ3v) is 6.02. The average Bonchev–Trinajstić information content (AvgIpc) is 3.25. The molecule has 3 heteroatoms. The van der Waals surface area contributed by atoms with E-state index in [1.807, 2.05) is 0 Å². The summed E-state index contributed by atoms with van der Waals surface area (Å²) in [5.74, 6) is 0. The summed E-state index contributed by atoms with van der Waals surface area (Å²) >= 11 is 0. The van der Waals surface area contributed by atoms with Crippen molar-refractivity contribution >= 4 is 0 Å². The minimum atomic E-state index is 0.322. The molecule has 3 saturated carbocycles. The third-order valence-electron chi connectivity index (χ3n) is 6.02. The van der Waals surface area contributed by atoms with Crippen LogP contribution < -0.4 is 5.32 Å². The van der Waals surface area contributed by atoms with Gasteiger partial charge in [0, 0.05) is 31.7 Å². The lowest BCUT2D eigenvalue weighted by molar-refractivity contribution is 0.0706. The minimum absolute atomic E-state index is 0.322. The summed E-state index contributed by atoms with van der Waals surface area (Å²) in [4.78, 5) is 2.65. The Labute approximate surface area is 130 Å². The fraction of sp³-hybridized carbons (Fsp3) is 1.00. The molecule has 0 bridgehead atoms. The number of aliphatic hydroxyl groups excluding tert-OH is 1. The van der Waals surface area contributed by atoms with Crippen LogP contribution >= 0.6 is 0 Å². The maximum Gasteiger partial charge on any atom is 0.0558 e. The monoisotopic (exact) mass is 294 g/mol. The first-order valence-electron chi connectivity index (χ1n) is 9.40. The van der Waals surface area contributed by atoms with Crippen LogP contribution in [0.2, 0.25) is 0 Å². The molecule has 3 aliphatic carbocycles. The molecular weight excluding hydrogens is 260 g/mol. The van der Waals surface area contributed by atoms with Crippen molar-refractivity contribution in [3.05, 3.63) is 0 Å². The molecule has 122 valence electrons. The van der Waals surface area contributed by atoms with Gasteiger partial charge in [-0.25, -0.2) is 0 Å². The normalized spacial score (nSPS) is 26.6. The van der Waals surface area contributed by atoms with Crippen LogP contribution in [0.1, 0.15) is 70.6 Å². The van der Waals surface area contributed by atoms with E-state index in [1.165, 1.54) is 83.7 Å². The number of hydrogen-bond donors (Lipinski definition) is 2. The van der Waals surface area contributed by atoms with E-state index in [0.29, 0.717) is 12.0 Å². The number of nitrogens with one attached hydrogen (secondary N) is 1. The smallest absolute Gasteiger partial charge is 0.0558 e. The van der Waals surface area contributed by atoms with E-state index in [-0.39, 0.29) is 0 Å². The summed E-state index contributed by atoms with van der Waals surface area (Å²) < 4.78 is 0. The Morgan fingerprint density at radius 1 is 0.952 bits per heavy atom. The molecule has 3 rings (SSSR count). The predicted octanol–water partition coefficient (Wildman–Crippen LogP) is 2.93. The Hall–Kier alpha value is -0.120. The summed E-state index contributed by atoms with van der Waals surface area (Å²) in [5, 5.41) is 13.3. The molecule has 0 aromatic carbocycles. The predicted molar refractivity (Wildman–Crippen MR) is 87.5 cm³/mol. The quantitative estimate of drug-likeness (QED) is 0.722. The van der Waals surface area contributed by atoms with Crippen LogP contribution in [0.4, 0.5) is 0 Å². The number of aliphatic hydroxyl groups is 1. The van der Waals surface area contributed by atoms with Crippen LogP contribution in [-0.4, -0.2) is 48.3 Å². The van der Waals surface area contributed by atoms with Gasteiger partial charge in [-0.1, -0.05) is 32.1 Å². The Balaban J connectivity index is 1.59. The Morgan fingerprint density at radius 2 is 1.67 bits per heavy atom. The van der Waals surface area contributed by atoms with Gasteiger partial charge in [0.15, 0.2) is 0 Å². The SMILES string of the molecule is OCCN(CC1(CNC2CC2)CCCC1)C1CCCCC1. The van der Waals surface area contributed by atoms with Gasteiger partial charge >= 0.3 is 0 Å². The summed E-state index contributed by atoms with van der Waals surface area (Å²) in [6, 6.07) is 1.56. The van der Waals surface area contributed by atoms with Gasteiger partial charge in [-0.05, 0) is 43.9 Å². The fourth-order valence-electron chi connectivity index (χ4n) is 4.56. The van der Waals surface area contributed by atoms with Crippen molar-refractivity contribution in [3.63, 3.8) is 0 Å². The lowest BCUT2D eigenvalue weighted by Gasteiger charge is -2.41. The second kappa shape index (κ2) is 7.43. The van der Waals surface area contributed by atoms with Crippen molar-refractivity contribution in [2.45, 2.75) is 82.7 Å². The highest BCUT2D eigenvalue weighted by molar-refractivity contribution is 4.94. The Morgan fingerprint density at radius 3 is 2.29 bits per heavy atom. The molecule has 0 aromatic heterocycles. The van der Waals surface area contributed by atoms with Gasteiger partial charge in [-0.2, -0.15) is 0 Å². The minimum Gasteiger partial charge on any atom is -0.395 e. The first kappa shape index (κ1) is 15.8. The molecule has 3 aliphatic rings. The molecule has 3 nitrogen and oxygen atoms in total. The van der Waals surface area contributed by atoms with E-state index in [4.69, 9.17) is 0 Å². The van der Waals surface area contributed by atoms with Gasteiger partial charge < -0.3 is 10.4 Å². The summed E-state index contributed by atoms with van der Waals surface area (Å²) in [7, 11) is 0. The van der Waals surface area contributed by atoms with Crippen LogP contribution in [0.3, 0.4) is 0 Å². The average molecular weight is 294 g/mol. The molecule has 0 aliphatic heterocycles. The molecule has 0 unspecified atom stereocenters. The Bertz CT molecular complexity index is 304. The van der Waals surface area contributed by atoms with Crippen molar-refractivity contribution in [3.8, 4) is 0 Å². The highest BCUT2D eigenvalue weighted by atomic mass is 16.3. The van der Waals surface area contributed by atoms with Crippen molar-refractivity contribution < 1.29 is 5.11 Å². The molecule has 0 spiro atoms. The van der Waals surface area contributed by atoms with Gasteiger partial charge in [-0.15, -0.1) is 0 Å². The van der Waals surface area contributed by atoms with Crippen molar-refractivity contribution in [1.29, 1.82) is 0 Å². The number of nitrogens with zero attached hydrogens (tertiary/aromatic N) is 1. The van der Waals surface area contributed by atoms with Gasteiger partial charge in [0.25, 0.3) is 0 Å². The molecule has 2 N–H and O–H groups in total. The van der Waals surface area contributed by atoms with Crippen molar-refractivity contribution in [2.24, 2.45) is 5.41 Å². The number of rotatable bonds is 8. The molecule has 0 amide bonds. The highest BCUT2D eigenvalue weighted by Gasteiger charge is 2.38. The zero-order valence-corrected chi connectivity index (χ0v) is 13.7. The maximum atomic E-state index is 9.50. The van der Waals surface area contributed by atoms with Crippen molar-refractivity contribution in [2.75, 3.05) is 26.2 Å². The van der Waals surface area contributed by atoms with Crippen molar-refractivity contribution in [1.82, 2.24) is 10.2 Å². The largest absolute Gasteiger partial charge is 0.395 e. The maximum absolute atomic E-state index is 9.50. The standard InChI is InChI=1S/C18H34N2O/c21-13-12-20(17-6-2-1-3-7-17)15-18(10-4-5-11-18)14-19-16-8-9-16/h16-17,19,21H,1-15H2. The summed E-state index contributed by atoms with van der Waals surface area (Å²) in [5.41, 5.74) is 0.495. The highest BCUT2D eigenvalue weighted by Crippen LogP contribution is 2.40. The van der Waals surface area contributed by atoms with E-state index < -0.39 is 0 Å². The second-order valence-electron chi connectivity index (χ2n) is 7.85. The van der Waals surface area contributed by atoms with Gasteiger partial charge in [0.1, 0.15) is 0 Å². The summed E-state index contributed by atoms with van der Waals surface area (Å²) in [6.45, 7) is 3.64. The molecular formula is C18H34N2O. The molecule has 0 atom stereocenters. The third kappa shape index (κ3) is 4.43. The Kier molecular flexibility index (Phi) is 5.58. The fourth-order valence-corrected chi connectivity index (χ4v) is 4.56. The molecule has 0 radical (unpaired) electrons. The van der Waals surface area contributed by atoms with Crippen LogP contribution in [0.5, 0.6) is 0 Å². The van der Waals surface area contributed by atoms with E-state index in [2.05, 4.69) is 10.2 Å². The second-order valence-corrected chi connectivity index (χ2v) is 7.85. The molecule has 0 heterocycles. The van der Waals surface area contributed by atoms with Gasteiger partial charge in [0.05, 0.1) is 6.61 Å². The van der Waals surface area contributed by atoms with E-state index in [0.717, 1.165) is 18.6 Å². The zero-order chi connectivity index (χ0) is 14.5. The first-order valence-corrected chi connectivity index (χ1v) is 9.40. The van der Waals surface area contributed by atoms with Crippen LogP contribution in [-0.2, 0) is 0 Å². The van der Waals surface area contributed by atoms with E-state index >= 15 is 0 Å².